The molecule has 1 aromatic carbocycles. The summed E-state index contributed by atoms with van der Waals surface area (Å²) in [7, 11) is 1.69. The highest BCUT2D eigenvalue weighted by Crippen LogP contribution is 2.35. The fourth-order valence-electron chi connectivity index (χ4n) is 2.24. The van der Waals surface area contributed by atoms with Crippen LogP contribution in [0.25, 0.3) is 0 Å². The molecule has 0 spiro atoms. The van der Waals surface area contributed by atoms with Gasteiger partial charge in [0.15, 0.2) is 0 Å². The molecule has 1 saturated heterocycles. The van der Waals surface area contributed by atoms with Gasteiger partial charge in [-0.25, -0.2) is 0 Å². The third-order valence-electron chi connectivity index (χ3n) is 3.15. The van der Waals surface area contributed by atoms with Crippen molar-refractivity contribution in [1.82, 2.24) is 0 Å². The first-order valence-electron chi connectivity index (χ1n) is 6.39. The second-order valence-corrected chi connectivity index (χ2v) is 5.67. The number of ether oxygens (including phenoxy) is 2. The van der Waals surface area contributed by atoms with E-state index in [2.05, 4.69) is 6.07 Å². The van der Waals surface area contributed by atoms with Crippen LogP contribution in [-0.2, 0) is 4.74 Å². The highest BCUT2D eigenvalue weighted by Gasteiger charge is 2.18. The summed E-state index contributed by atoms with van der Waals surface area (Å²) in [5.74, 6) is 1.87. The molecule has 3 nitrogen and oxygen atoms in total. The highest BCUT2D eigenvalue weighted by molar-refractivity contribution is 7.99. The predicted molar refractivity (Wildman–Crippen MR) is 75.3 cm³/mol. The van der Waals surface area contributed by atoms with E-state index in [1.807, 2.05) is 30.8 Å². The fraction of sp³-hybridized carbons (Fsp3) is 0.571. The van der Waals surface area contributed by atoms with Crippen molar-refractivity contribution in [3.8, 4) is 5.75 Å². The lowest BCUT2D eigenvalue weighted by atomic mass is 10.1. The normalized spacial score (nSPS) is 20.9. The Balaban J connectivity index is 2.10. The smallest absolute Gasteiger partial charge is 0.124 e. The lowest BCUT2D eigenvalue weighted by Gasteiger charge is -2.17. The summed E-state index contributed by atoms with van der Waals surface area (Å²) in [6.07, 6.45) is 2.75. The van der Waals surface area contributed by atoms with Crippen LogP contribution in [-0.4, -0.2) is 25.6 Å². The zero-order chi connectivity index (χ0) is 13.0. The minimum Gasteiger partial charge on any atom is -0.496 e. The van der Waals surface area contributed by atoms with Gasteiger partial charge in [-0.05, 0) is 31.9 Å². The first-order chi connectivity index (χ1) is 8.72. The van der Waals surface area contributed by atoms with Gasteiger partial charge in [-0.1, -0.05) is 6.07 Å². The van der Waals surface area contributed by atoms with E-state index in [4.69, 9.17) is 15.2 Å². The van der Waals surface area contributed by atoms with E-state index in [9.17, 15) is 0 Å². The lowest BCUT2D eigenvalue weighted by molar-refractivity contribution is 0.129. The molecule has 0 saturated carbocycles. The molecule has 1 aliphatic heterocycles. The van der Waals surface area contributed by atoms with Crippen molar-refractivity contribution < 1.29 is 9.47 Å². The van der Waals surface area contributed by atoms with E-state index in [1.165, 1.54) is 17.7 Å². The van der Waals surface area contributed by atoms with Crippen molar-refractivity contribution in [3.63, 3.8) is 0 Å². The van der Waals surface area contributed by atoms with Gasteiger partial charge in [0.05, 0.1) is 13.2 Å². The van der Waals surface area contributed by atoms with Crippen molar-refractivity contribution in [2.24, 2.45) is 5.73 Å². The number of nitrogens with two attached hydrogens (primary N) is 1. The van der Waals surface area contributed by atoms with E-state index in [1.54, 1.807) is 7.11 Å². The molecule has 4 heteroatoms. The number of hydrogen-bond donors (Lipinski definition) is 1. The first kappa shape index (κ1) is 13.7. The molecule has 0 radical (unpaired) electrons. The molecule has 1 aromatic rings. The van der Waals surface area contributed by atoms with Gasteiger partial charge in [-0.3, -0.25) is 0 Å². The van der Waals surface area contributed by atoms with Gasteiger partial charge in [-0.15, -0.1) is 11.8 Å². The average molecular weight is 267 g/mol. The zero-order valence-corrected chi connectivity index (χ0v) is 11.8. The molecule has 0 bridgehead atoms. The molecule has 100 valence electrons. The first-order valence-corrected chi connectivity index (χ1v) is 7.38. The van der Waals surface area contributed by atoms with Gasteiger partial charge in [0, 0.05) is 28.9 Å². The Hall–Kier alpha value is -0.710. The fourth-order valence-corrected chi connectivity index (χ4v) is 3.48. The monoisotopic (exact) mass is 267 g/mol. The maximum Gasteiger partial charge on any atom is 0.124 e. The van der Waals surface area contributed by atoms with Crippen LogP contribution >= 0.6 is 11.8 Å². The van der Waals surface area contributed by atoms with E-state index in [0.717, 1.165) is 23.7 Å². The molecule has 0 aliphatic carbocycles. The van der Waals surface area contributed by atoms with Crippen molar-refractivity contribution in [2.45, 2.75) is 36.8 Å². The van der Waals surface area contributed by atoms with Crippen LogP contribution in [0.3, 0.4) is 0 Å². The summed E-state index contributed by atoms with van der Waals surface area (Å²) in [5.41, 5.74) is 7.15. The van der Waals surface area contributed by atoms with E-state index >= 15 is 0 Å². The number of benzene rings is 1. The molecule has 2 atom stereocenters. The molecule has 2 N–H and O–H groups in total. The predicted octanol–water partition coefficient (Wildman–Crippen LogP) is 2.99. The summed E-state index contributed by atoms with van der Waals surface area (Å²) in [4.78, 5) is 1.21. The van der Waals surface area contributed by atoms with Crippen molar-refractivity contribution >= 4 is 11.8 Å². The number of thioether (sulfide) groups is 1. The minimum atomic E-state index is -0.0202. The number of hydrogen-bond acceptors (Lipinski definition) is 4. The standard InChI is InChI=1S/C14H21NO2S/c1-10(15)14-12(16-2)6-3-7-13(14)18-9-11-5-4-8-17-11/h3,6-7,10-11H,4-5,8-9,15H2,1-2H3/t10-,11?/m0/s1. The van der Waals surface area contributed by atoms with Crippen LogP contribution in [0.2, 0.25) is 0 Å². The number of methoxy groups -OCH3 is 1. The minimum absolute atomic E-state index is 0.0202. The Morgan fingerprint density at radius 2 is 2.39 bits per heavy atom. The Morgan fingerprint density at radius 3 is 3.00 bits per heavy atom. The van der Waals surface area contributed by atoms with Crippen LogP contribution in [0.5, 0.6) is 5.75 Å². The topological polar surface area (TPSA) is 44.5 Å². The maximum absolute atomic E-state index is 6.05. The summed E-state index contributed by atoms with van der Waals surface area (Å²) in [6, 6.07) is 6.08. The lowest BCUT2D eigenvalue weighted by Crippen LogP contribution is -2.11. The molecule has 0 amide bonds. The molecule has 18 heavy (non-hydrogen) atoms. The Morgan fingerprint density at radius 1 is 1.56 bits per heavy atom. The summed E-state index contributed by atoms with van der Waals surface area (Å²) in [5, 5.41) is 0. The second kappa shape index (κ2) is 6.45. The van der Waals surface area contributed by atoms with Gasteiger partial charge in [0.2, 0.25) is 0 Å². The van der Waals surface area contributed by atoms with Crippen LogP contribution in [0, 0.1) is 0 Å². The largest absolute Gasteiger partial charge is 0.496 e. The molecule has 1 fully saturated rings. The van der Waals surface area contributed by atoms with Crippen molar-refractivity contribution in [2.75, 3.05) is 19.5 Å². The Kier molecular flexibility index (Phi) is 4.92. The van der Waals surface area contributed by atoms with Gasteiger partial charge in [-0.2, -0.15) is 0 Å². The van der Waals surface area contributed by atoms with Crippen molar-refractivity contribution in [3.05, 3.63) is 23.8 Å². The van der Waals surface area contributed by atoms with E-state index in [0.29, 0.717) is 6.10 Å². The van der Waals surface area contributed by atoms with Gasteiger partial charge in [0.1, 0.15) is 5.75 Å². The summed E-state index contributed by atoms with van der Waals surface area (Å²) in [6.45, 7) is 2.90. The molecule has 0 aromatic heterocycles. The quantitative estimate of drug-likeness (QED) is 0.833. The van der Waals surface area contributed by atoms with Gasteiger partial charge in [0.25, 0.3) is 0 Å². The third-order valence-corrected chi connectivity index (χ3v) is 4.36. The molecular formula is C14H21NO2S. The van der Waals surface area contributed by atoms with Crippen LogP contribution in [0.15, 0.2) is 23.1 Å². The van der Waals surface area contributed by atoms with Gasteiger partial charge >= 0.3 is 0 Å². The Bertz CT molecular complexity index is 389. The maximum atomic E-state index is 6.05. The van der Waals surface area contributed by atoms with E-state index in [-0.39, 0.29) is 6.04 Å². The molecule has 1 unspecified atom stereocenters. The van der Waals surface area contributed by atoms with Crippen LogP contribution in [0.4, 0.5) is 0 Å². The zero-order valence-electron chi connectivity index (χ0n) is 11.0. The van der Waals surface area contributed by atoms with Crippen LogP contribution < -0.4 is 10.5 Å². The Labute approximate surface area is 113 Å². The average Bonchev–Trinajstić information content (AvgIpc) is 2.88. The molecule has 2 rings (SSSR count). The summed E-state index contributed by atoms with van der Waals surface area (Å²) >= 11 is 1.82. The molecule has 1 heterocycles. The third kappa shape index (κ3) is 3.19. The van der Waals surface area contributed by atoms with E-state index < -0.39 is 0 Å². The van der Waals surface area contributed by atoms with Crippen LogP contribution in [0.1, 0.15) is 31.4 Å². The highest BCUT2D eigenvalue weighted by atomic mass is 32.2. The number of rotatable bonds is 5. The second-order valence-electron chi connectivity index (χ2n) is 4.61. The molecular weight excluding hydrogens is 246 g/mol. The summed E-state index contributed by atoms with van der Waals surface area (Å²) < 4.78 is 11.0. The van der Waals surface area contributed by atoms with Crippen molar-refractivity contribution in [1.29, 1.82) is 0 Å². The molecule has 1 aliphatic rings. The van der Waals surface area contributed by atoms with Gasteiger partial charge < -0.3 is 15.2 Å². The SMILES string of the molecule is COc1cccc(SCC2CCCO2)c1[C@H](C)N.